The third-order valence-electron chi connectivity index (χ3n) is 7.78. The smallest absolute Gasteiger partial charge is 0.192 e. The first kappa shape index (κ1) is 32.6. The fourth-order valence-corrected chi connectivity index (χ4v) is 6.07. The zero-order chi connectivity index (χ0) is 26.1. The molecule has 0 rings (SSSR count). The lowest BCUT2D eigenvalue weighted by Gasteiger charge is -2.48. The average molecular weight is 496 g/mol. The molecule has 0 aliphatic rings. The van der Waals surface area contributed by atoms with Crippen molar-refractivity contribution in [2.75, 3.05) is 13.1 Å². The lowest BCUT2D eigenvalue weighted by Crippen LogP contribution is -2.59. The Bertz CT molecular complexity index is 603. The minimum absolute atomic E-state index is 0.0694. The van der Waals surface area contributed by atoms with Crippen LogP contribution in [0.25, 0.3) is 0 Å². The molecule has 0 radical (unpaired) electrons. The standard InChI is InChI=1S/C28H57NO2Si2/c1-15-19-22-29(23-20-16-2)26(24(18-4)30-32(11,12)27(5,6)7)25(21-17-3)31-33(13,14)28(8,9)10/h3,18,24-26H,4,15-16,19-23H2,1-2,5-14H3/t24-,25-,26-/m1/s1. The summed E-state index contributed by atoms with van der Waals surface area (Å²) < 4.78 is 14.1. The normalized spacial score (nSPS) is 16.4. The summed E-state index contributed by atoms with van der Waals surface area (Å²) in [5, 5.41) is 0.240. The van der Waals surface area contributed by atoms with Crippen LogP contribution >= 0.6 is 0 Å². The molecule has 0 aromatic rings. The van der Waals surface area contributed by atoms with Crippen LogP contribution in [0.2, 0.25) is 36.3 Å². The van der Waals surface area contributed by atoms with Crippen molar-refractivity contribution < 1.29 is 8.85 Å². The Morgan fingerprint density at radius 3 is 1.64 bits per heavy atom. The van der Waals surface area contributed by atoms with Gasteiger partial charge in [0.1, 0.15) is 0 Å². The molecular weight excluding hydrogens is 438 g/mol. The summed E-state index contributed by atoms with van der Waals surface area (Å²) in [6, 6.07) is 0.0694. The van der Waals surface area contributed by atoms with Crippen LogP contribution in [0.15, 0.2) is 12.7 Å². The summed E-state index contributed by atoms with van der Waals surface area (Å²) >= 11 is 0. The first-order valence-corrected chi connectivity index (χ1v) is 19.0. The predicted octanol–water partition coefficient (Wildman–Crippen LogP) is 8.25. The molecule has 0 fully saturated rings. The van der Waals surface area contributed by atoms with E-state index < -0.39 is 16.6 Å². The van der Waals surface area contributed by atoms with Gasteiger partial charge in [0.05, 0.1) is 18.2 Å². The molecule has 0 saturated heterocycles. The Labute approximate surface area is 210 Å². The number of hydrogen-bond acceptors (Lipinski definition) is 3. The number of terminal acetylenes is 1. The Hall–Kier alpha value is -0.386. The number of rotatable bonds is 15. The van der Waals surface area contributed by atoms with Gasteiger partial charge in [-0.15, -0.1) is 18.9 Å². The zero-order valence-electron chi connectivity index (χ0n) is 24.3. The van der Waals surface area contributed by atoms with Gasteiger partial charge < -0.3 is 8.85 Å². The second-order valence-corrected chi connectivity index (χ2v) is 22.1. The van der Waals surface area contributed by atoms with Crippen molar-refractivity contribution in [1.29, 1.82) is 0 Å². The van der Waals surface area contributed by atoms with Crippen LogP contribution in [0.5, 0.6) is 0 Å². The summed E-state index contributed by atoms with van der Waals surface area (Å²) in [4.78, 5) is 2.61. The first-order valence-electron chi connectivity index (χ1n) is 13.1. The molecule has 33 heavy (non-hydrogen) atoms. The highest BCUT2D eigenvalue weighted by Gasteiger charge is 2.46. The summed E-state index contributed by atoms with van der Waals surface area (Å²) in [5.74, 6) is 2.95. The van der Waals surface area contributed by atoms with E-state index in [4.69, 9.17) is 15.3 Å². The minimum atomic E-state index is -2.03. The second-order valence-electron chi connectivity index (χ2n) is 12.6. The Morgan fingerprint density at radius 2 is 1.30 bits per heavy atom. The fraction of sp³-hybridized carbons (Fsp3) is 0.857. The zero-order valence-corrected chi connectivity index (χ0v) is 26.3. The van der Waals surface area contributed by atoms with Crippen LogP contribution in [0.4, 0.5) is 0 Å². The van der Waals surface area contributed by atoms with Gasteiger partial charge in [0.15, 0.2) is 16.6 Å². The van der Waals surface area contributed by atoms with Crippen LogP contribution in [0.3, 0.4) is 0 Å². The van der Waals surface area contributed by atoms with E-state index in [-0.39, 0.29) is 28.3 Å². The second kappa shape index (κ2) is 13.6. The molecule has 0 aliphatic carbocycles. The van der Waals surface area contributed by atoms with Crippen molar-refractivity contribution in [2.24, 2.45) is 0 Å². The van der Waals surface area contributed by atoms with Gasteiger partial charge in [-0.1, -0.05) is 74.3 Å². The van der Waals surface area contributed by atoms with E-state index in [1.165, 1.54) is 12.8 Å². The molecule has 0 aliphatic heterocycles. The maximum atomic E-state index is 7.07. The van der Waals surface area contributed by atoms with Gasteiger partial charge in [-0.05, 0) is 62.2 Å². The minimum Gasteiger partial charge on any atom is -0.411 e. The van der Waals surface area contributed by atoms with E-state index in [0.717, 1.165) is 25.9 Å². The van der Waals surface area contributed by atoms with Crippen molar-refractivity contribution in [3.63, 3.8) is 0 Å². The Balaban J connectivity index is 6.52. The van der Waals surface area contributed by atoms with Gasteiger partial charge in [0.25, 0.3) is 0 Å². The first-order chi connectivity index (χ1) is 15.0. The van der Waals surface area contributed by atoms with Crippen LogP contribution in [-0.2, 0) is 8.85 Å². The maximum Gasteiger partial charge on any atom is 0.192 e. The molecule has 0 bridgehead atoms. The summed E-state index contributed by atoms with van der Waals surface area (Å²) in [7, 11) is -4.05. The molecule has 194 valence electrons. The van der Waals surface area contributed by atoms with Crippen LogP contribution < -0.4 is 0 Å². The molecule has 0 amide bonds. The number of nitrogens with zero attached hydrogens (tertiary/aromatic N) is 1. The summed E-state index contributed by atoms with van der Waals surface area (Å²) in [5.41, 5.74) is 0. The van der Waals surface area contributed by atoms with Gasteiger partial charge in [0, 0.05) is 6.42 Å². The SMILES string of the molecule is C#CC[C@@H](O[Si](C)(C)C(C)(C)C)[C@@H]([C@@H](C=C)O[Si](C)(C)C(C)(C)C)N(CCCC)CCCC. The Morgan fingerprint density at radius 1 is 0.879 bits per heavy atom. The quantitative estimate of drug-likeness (QED) is 0.130. The molecule has 0 aromatic heterocycles. The predicted molar refractivity (Wildman–Crippen MR) is 153 cm³/mol. The molecule has 3 atom stereocenters. The van der Waals surface area contributed by atoms with Crippen molar-refractivity contribution >= 4 is 16.6 Å². The molecule has 0 heterocycles. The van der Waals surface area contributed by atoms with Gasteiger partial charge >= 0.3 is 0 Å². The molecule has 0 spiro atoms. The molecule has 0 aromatic carbocycles. The highest BCUT2D eigenvalue weighted by Crippen LogP contribution is 2.41. The van der Waals surface area contributed by atoms with Crippen LogP contribution in [-0.4, -0.2) is 52.9 Å². The van der Waals surface area contributed by atoms with Crippen molar-refractivity contribution in [3.8, 4) is 12.3 Å². The van der Waals surface area contributed by atoms with Crippen molar-refractivity contribution in [1.82, 2.24) is 4.90 Å². The molecule has 0 saturated carbocycles. The topological polar surface area (TPSA) is 21.7 Å². The average Bonchev–Trinajstić information content (AvgIpc) is 2.66. The molecule has 0 unspecified atom stereocenters. The van der Waals surface area contributed by atoms with E-state index in [2.05, 4.69) is 99.0 Å². The van der Waals surface area contributed by atoms with Crippen molar-refractivity contribution in [3.05, 3.63) is 12.7 Å². The lowest BCUT2D eigenvalue weighted by atomic mass is 9.99. The molecule has 0 N–H and O–H groups in total. The summed E-state index contributed by atoms with van der Waals surface area (Å²) in [6.45, 7) is 33.9. The Kier molecular flexibility index (Phi) is 13.5. The highest BCUT2D eigenvalue weighted by atomic mass is 28.4. The van der Waals surface area contributed by atoms with E-state index in [1.807, 2.05) is 6.08 Å². The molecule has 5 heteroatoms. The van der Waals surface area contributed by atoms with Gasteiger partial charge in [-0.2, -0.15) is 0 Å². The lowest BCUT2D eigenvalue weighted by molar-refractivity contribution is 0.000504. The van der Waals surface area contributed by atoms with Gasteiger partial charge in [-0.3, -0.25) is 4.90 Å². The third kappa shape index (κ3) is 10.0. The fourth-order valence-electron chi connectivity index (χ4n) is 3.46. The summed E-state index contributed by atoms with van der Waals surface area (Å²) in [6.07, 6.45) is 13.0. The van der Waals surface area contributed by atoms with E-state index in [9.17, 15) is 0 Å². The molecule has 3 nitrogen and oxygen atoms in total. The highest BCUT2D eigenvalue weighted by molar-refractivity contribution is 6.74. The number of unbranched alkanes of at least 4 members (excludes halogenated alkanes) is 2. The van der Waals surface area contributed by atoms with E-state index in [0.29, 0.717) is 6.42 Å². The van der Waals surface area contributed by atoms with Gasteiger partial charge in [0.2, 0.25) is 0 Å². The largest absolute Gasteiger partial charge is 0.411 e. The van der Waals surface area contributed by atoms with Crippen LogP contribution in [0.1, 0.15) is 87.5 Å². The molecular formula is C28H57NO2Si2. The van der Waals surface area contributed by atoms with Crippen molar-refractivity contribution in [2.45, 2.75) is 142 Å². The monoisotopic (exact) mass is 495 g/mol. The van der Waals surface area contributed by atoms with Crippen LogP contribution in [0, 0.1) is 12.3 Å². The van der Waals surface area contributed by atoms with Gasteiger partial charge in [-0.25, -0.2) is 0 Å². The third-order valence-corrected chi connectivity index (χ3v) is 16.8. The van der Waals surface area contributed by atoms with E-state index >= 15 is 0 Å². The number of hydrogen-bond donors (Lipinski definition) is 0. The van der Waals surface area contributed by atoms with E-state index in [1.54, 1.807) is 0 Å². The maximum absolute atomic E-state index is 7.07.